The summed E-state index contributed by atoms with van der Waals surface area (Å²) in [7, 11) is 0. The summed E-state index contributed by atoms with van der Waals surface area (Å²) in [4.78, 5) is 4.21. The van der Waals surface area contributed by atoms with E-state index in [1.54, 1.807) is 0 Å². The Morgan fingerprint density at radius 1 is 1.36 bits per heavy atom. The standard InChI is InChI=1S/C11H13NO2/c1-7(2)13-9-4-5-10-11(6-9)14-8(3)12-10/h4-7H,1-3H3. The van der Waals surface area contributed by atoms with Gasteiger partial charge in [-0.15, -0.1) is 0 Å². The Labute approximate surface area is 82.7 Å². The predicted molar refractivity (Wildman–Crippen MR) is 54.5 cm³/mol. The van der Waals surface area contributed by atoms with Crippen molar-refractivity contribution in [2.24, 2.45) is 0 Å². The minimum Gasteiger partial charge on any atom is -0.491 e. The number of hydrogen-bond donors (Lipinski definition) is 0. The number of oxazole rings is 1. The monoisotopic (exact) mass is 191 g/mol. The van der Waals surface area contributed by atoms with Crippen molar-refractivity contribution in [3.05, 3.63) is 24.1 Å². The molecule has 0 saturated carbocycles. The maximum atomic E-state index is 5.54. The van der Waals surface area contributed by atoms with Gasteiger partial charge >= 0.3 is 0 Å². The Bertz CT molecular complexity index is 445. The zero-order valence-corrected chi connectivity index (χ0v) is 8.57. The predicted octanol–water partition coefficient (Wildman–Crippen LogP) is 2.92. The molecule has 0 aliphatic rings. The quantitative estimate of drug-likeness (QED) is 0.732. The average Bonchev–Trinajstić information content (AvgIpc) is 2.42. The fourth-order valence-electron chi connectivity index (χ4n) is 1.37. The van der Waals surface area contributed by atoms with E-state index in [0.29, 0.717) is 5.89 Å². The topological polar surface area (TPSA) is 35.3 Å². The minimum absolute atomic E-state index is 0.177. The maximum absolute atomic E-state index is 5.54. The molecule has 1 heterocycles. The normalized spacial score (nSPS) is 11.1. The van der Waals surface area contributed by atoms with Crippen LogP contribution in [0.1, 0.15) is 19.7 Å². The molecule has 0 N–H and O–H groups in total. The summed E-state index contributed by atoms with van der Waals surface area (Å²) in [5.41, 5.74) is 1.65. The van der Waals surface area contributed by atoms with Gasteiger partial charge in [-0.05, 0) is 26.0 Å². The molecule has 0 radical (unpaired) electrons. The third kappa shape index (κ3) is 1.71. The van der Waals surface area contributed by atoms with Gasteiger partial charge in [0.15, 0.2) is 11.5 Å². The Balaban J connectivity index is 2.40. The van der Waals surface area contributed by atoms with Gasteiger partial charge in [0.25, 0.3) is 0 Å². The largest absolute Gasteiger partial charge is 0.491 e. The highest BCUT2D eigenvalue weighted by molar-refractivity contribution is 5.74. The summed E-state index contributed by atoms with van der Waals surface area (Å²) < 4.78 is 10.9. The molecule has 0 unspecified atom stereocenters. The number of ether oxygens (including phenoxy) is 1. The summed E-state index contributed by atoms with van der Waals surface area (Å²) in [6, 6.07) is 5.68. The van der Waals surface area contributed by atoms with Gasteiger partial charge in [-0.25, -0.2) is 4.98 Å². The molecule has 3 nitrogen and oxygen atoms in total. The molecule has 3 heteroatoms. The first-order valence-corrected chi connectivity index (χ1v) is 4.69. The number of rotatable bonds is 2. The van der Waals surface area contributed by atoms with Gasteiger partial charge in [-0.1, -0.05) is 0 Å². The molecule has 1 aromatic carbocycles. The maximum Gasteiger partial charge on any atom is 0.192 e. The van der Waals surface area contributed by atoms with Crippen LogP contribution in [0.2, 0.25) is 0 Å². The van der Waals surface area contributed by atoms with Crippen molar-refractivity contribution < 1.29 is 9.15 Å². The molecule has 0 fully saturated rings. The molecule has 0 amide bonds. The van der Waals surface area contributed by atoms with Crippen LogP contribution in [0, 0.1) is 6.92 Å². The number of aromatic nitrogens is 1. The van der Waals surface area contributed by atoms with E-state index in [0.717, 1.165) is 16.8 Å². The third-order valence-corrected chi connectivity index (χ3v) is 1.84. The lowest BCUT2D eigenvalue weighted by Gasteiger charge is -2.08. The second-order valence-electron chi connectivity index (χ2n) is 3.53. The van der Waals surface area contributed by atoms with Crippen molar-refractivity contribution in [2.75, 3.05) is 0 Å². The Kier molecular flexibility index (Phi) is 2.15. The molecule has 0 bridgehead atoms. The lowest BCUT2D eigenvalue weighted by Crippen LogP contribution is -2.04. The van der Waals surface area contributed by atoms with Crippen LogP contribution in [0.3, 0.4) is 0 Å². The van der Waals surface area contributed by atoms with Crippen LogP contribution in [-0.4, -0.2) is 11.1 Å². The molecule has 0 spiro atoms. The highest BCUT2D eigenvalue weighted by Gasteiger charge is 2.04. The van der Waals surface area contributed by atoms with Crippen LogP contribution in [0.4, 0.5) is 0 Å². The molecule has 2 rings (SSSR count). The summed E-state index contributed by atoms with van der Waals surface area (Å²) in [5, 5.41) is 0. The second-order valence-corrected chi connectivity index (χ2v) is 3.53. The highest BCUT2D eigenvalue weighted by atomic mass is 16.5. The summed E-state index contributed by atoms with van der Waals surface area (Å²) in [6.07, 6.45) is 0.177. The lowest BCUT2D eigenvalue weighted by molar-refractivity contribution is 0.242. The molecule has 0 aliphatic heterocycles. The first kappa shape index (κ1) is 9.06. The fourth-order valence-corrected chi connectivity index (χ4v) is 1.37. The van der Waals surface area contributed by atoms with Crippen LogP contribution in [0.25, 0.3) is 11.1 Å². The Hall–Kier alpha value is -1.51. The Morgan fingerprint density at radius 2 is 2.14 bits per heavy atom. The molecule has 14 heavy (non-hydrogen) atoms. The third-order valence-electron chi connectivity index (χ3n) is 1.84. The van der Waals surface area contributed by atoms with E-state index < -0.39 is 0 Å². The summed E-state index contributed by atoms with van der Waals surface area (Å²) in [6.45, 7) is 5.83. The summed E-state index contributed by atoms with van der Waals surface area (Å²) >= 11 is 0. The van der Waals surface area contributed by atoms with Gasteiger partial charge < -0.3 is 9.15 Å². The van der Waals surface area contributed by atoms with Crippen molar-refractivity contribution in [1.29, 1.82) is 0 Å². The van der Waals surface area contributed by atoms with E-state index in [1.165, 1.54) is 0 Å². The number of hydrogen-bond acceptors (Lipinski definition) is 3. The van der Waals surface area contributed by atoms with E-state index >= 15 is 0 Å². The van der Waals surface area contributed by atoms with Crippen LogP contribution < -0.4 is 4.74 Å². The van der Waals surface area contributed by atoms with Crippen LogP contribution in [-0.2, 0) is 0 Å². The average molecular weight is 191 g/mol. The zero-order valence-electron chi connectivity index (χ0n) is 8.57. The lowest BCUT2D eigenvalue weighted by atomic mass is 10.3. The number of fused-ring (bicyclic) bond motifs is 1. The van der Waals surface area contributed by atoms with Gasteiger partial charge in [0, 0.05) is 13.0 Å². The SMILES string of the molecule is Cc1nc2ccc(OC(C)C)cc2o1. The molecule has 0 aliphatic carbocycles. The van der Waals surface area contributed by atoms with Gasteiger partial charge in [-0.3, -0.25) is 0 Å². The molecule has 1 aromatic heterocycles. The van der Waals surface area contributed by atoms with E-state index in [1.807, 2.05) is 39.0 Å². The molecular formula is C11H13NO2. The van der Waals surface area contributed by atoms with Gasteiger partial charge in [0.05, 0.1) is 6.10 Å². The minimum atomic E-state index is 0.177. The van der Waals surface area contributed by atoms with E-state index in [-0.39, 0.29) is 6.10 Å². The highest BCUT2D eigenvalue weighted by Crippen LogP contribution is 2.21. The van der Waals surface area contributed by atoms with E-state index in [9.17, 15) is 0 Å². The number of aryl methyl sites for hydroxylation is 1. The smallest absolute Gasteiger partial charge is 0.192 e. The van der Waals surface area contributed by atoms with E-state index in [2.05, 4.69) is 4.98 Å². The van der Waals surface area contributed by atoms with Crippen molar-refractivity contribution in [3.63, 3.8) is 0 Å². The number of nitrogens with zero attached hydrogens (tertiary/aromatic N) is 1. The first-order valence-electron chi connectivity index (χ1n) is 4.69. The van der Waals surface area contributed by atoms with Crippen molar-refractivity contribution in [3.8, 4) is 5.75 Å². The van der Waals surface area contributed by atoms with Crippen molar-refractivity contribution in [1.82, 2.24) is 4.98 Å². The van der Waals surface area contributed by atoms with Crippen LogP contribution >= 0.6 is 0 Å². The fraction of sp³-hybridized carbons (Fsp3) is 0.364. The summed E-state index contributed by atoms with van der Waals surface area (Å²) in [5.74, 6) is 1.50. The van der Waals surface area contributed by atoms with Crippen LogP contribution in [0.15, 0.2) is 22.6 Å². The van der Waals surface area contributed by atoms with Gasteiger partial charge in [0.2, 0.25) is 0 Å². The van der Waals surface area contributed by atoms with Gasteiger partial charge in [0.1, 0.15) is 11.3 Å². The number of benzene rings is 1. The van der Waals surface area contributed by atoms with E-state index in [4.69, 9.17) is 9.15 Å². The molecule has 0 saturated heterocycles. The molecular weight excluding hydrogens is 178 g/mol. The van der Waals surface area contributed by atoms with Crippen molar-refractivity contribution in [2.45, 2.75) is 26.9 Å². The van der Waals surface area contributed by atoms with Crippen molar-refractivity contribution >= 4 is 11.1 Å². The van der Waals surface area contributed by atoms with Gasteiger partial charge in [-0.2, -0.15) is 0 Å². The molecule has 74 valence electrons. The Morgan fingerprint density at radius 3 is 2.86 bits per heavy atom. The first-order chi connectivity index (χ1) is 6.65. The second kappa shape index (κ2) is 3.33. The molecule has 0 atom stereocenters. The van der Waals surface area contributed by atoms with Crippen LogP contribution in [0.5, 0.6) is 5.75 Å². The molecule has 2 aromatic rings. The zero-order chi connectivity index (χ0) is 10.1.